The number of nitrogens with one attached hydrogen (secondary N) is 1. The highest BCUT2D eigenvalue weighted by molar-refractivity contribution is 5.93. The normalized spacial score (nSPS) is 21.9. The fourth-order valence-electron chi connectivity index (χ4n) is 3.74. The first-order valence-corrected chi connectivity index (χ1v) is 9.57. The maximum absolute atomic E-state index is 12.6. The Hall–Kier alpha value is -2.97. The second-order valence-electron chi connectivity index (χ2n) is 7.49. The summed E-state index contributed by atoms with van der Waals surface area (Å²) in [5.74, 6) is 0.421. The third-order valence-electron chi connectivity index (χ3n) is 5.56. The van der Waals surface area contributed by atoms with Crippen molar-refractivity contribution >= 4 is 17.6 Å². The Morgan fingerprint density at radius 2 is 1.86 bits per heavy atom. The number of benzene rings is 1. The number of aliphatic carboxylic acids is 1. The molecule has 0 aliphatic heterocycles. The highest BCUT2D eigenvalue weighted by Gasteiger charge is 2.32. The summed E-state index contributed by atoms with van der Waals surface area (Å²) < 4.78 is 7.12. The van der Waals surface area contributed by atoms with Crippen molar-refractivity contribution in [3.63, 3.8) is 0 Å². The predicted molar refractivity (Wildman–Crippen MR) is 99.4 cm³/mol. The molecule has 0 atom stereocenters. The number of tetrazole rings is 1. The maximum Gasteiger partial charge on any atom is 0.306 e. The molecule has 0 radical (unpaired) electrons. The van der Waals surface area contributed by atoms with Crippen molar-refractivity contribution in [3.05, 3.63) is 24.0 Å². The molecule has 9 nitrogen and oxygen atoms in total. The number of carboxylic acid groups (broad SMARTS) is 1. The van der Waals surface area contributed by atoms with Crippen LogP contribution in [-0.2, 0) is 9.59 Å². The number of carbonyl (C=O) groups excluding carboxylic acids is 1. The Morgan fingerprint density at radius 3 is 2.50 bits per heavy atom. The zero-order valence-electron chi connectivity index (χ0n) is 15.7. The lowest BCUT2D eigenvalue weighted by atomic mass is 9.81. The van der Waals surface area contributed by atoms with E-state index in [1.807, 2.05) is 6.07 Å². The average Bonchev–Trinajstić information content (AvgIpc) is 3.44. The summed E-state index contributed by atoms with van der Waals surface area (Å²) in [6.07, 6.45) is 4.39. The summed E-state index contributed by atoms with van der Waals surface area (Å²) in [7, 11) is 1.58. The first-order valence-electron chi connectivity index (χ1n) is 9.57. The second kappa shape index (κ2) is 7.57. The minimum atomic E-state index is -0.772. The highest BCUT2D eigenvalue weighted by atomic mass is 16.5. The van der Waals surface area contributed by atoms with Crippen molar-refractivity contribution < 1.29 is 19.4 Å². The van der Waals surface area contributed by atoms with E-state index in [2.05, 4.69) is 20.8 Å². The number of amides is 1. The third-order valence-corrected chi connectivity index (χ3v) is 5.56. The van der Waals surface area contributed by atoms with Gasteiger partial charge in [-0.1, -0.05) is 0 Å². The largest absolute Gasteiger partial charge is 0.494 e. The Labute approximate surface area is 162 Å². The van der Waals surface area contributed by atoms with Crippen LogP contribution >= 0.6 is 0 Å². The number of hydrogen-bond donors (Lipinski definition) is 2. The molecule has 0 saturated heterocycles. The van der Waals surface area contributed by atoms with E-state index in [-0.39, 0.29) is 17.7 Å². The first-order chi connectivity index (χ1) is 13.6. The lowest BCUT2D eigenvalue weighted by Crippen LogP contribution is -2.29. The van der Waals surface area contributed by atoms with E-state index in [4.69, 9.17) is 9.84 Å². The lowest BCUT2D eigenvalue weighted by molar-refractivity contribution is -0.143. The molecule has 1 heterocycles. The quantitative estimate of drug-likeness (QED) is 0.783. The second-order valence-corrected chi connectivity index (χ2v) is 7.49. The summed E-state index contributed by atoms with van der Waals surface area (Å²) in [5, 5.41) is 24.1. The molecule has 0 bridgehead atoms. The molecule has 4 rings (SSSR count). The van der Waals surface area contributed by atoms with E-state index >= 15 is 0 Å². The van der Waals surface area contributed by atoms with E-state index in [1.165, 1.54) is 0 Å². The molecule has 28 heavy (non-hydrogen) atoms. The van der Waals surface area contributed by atoms with Gasteiger partial charge in [-0.3, -0.25) is 9.59 Å². The first kappa shape index (κ1) is 18.4. The van der Waals surface area contributed by atoms with Crippen LogP contribution in [0.25, 0.3) is 5.69 Å². The summed E-state index contributed by atoms with van der Waals surface area (Å²) in [6.45, 7) is 0. The van der Waals surface area contributed by atoms with Gasteiger partial charge in [0.1, 0.15) is 11.4 Å². The molecule has 2 aliphatic carbocycles. The number of anilines is 1. The van der Waals surface area contributed by atoms with Crippen LogP contribution in [0.4, 0.5) is 5.69 Å². The van der Waals surface area contributed by atoms with E-state index in [9.17, 15) is 9.59 Å². The van der Waals surface area contributed by atoms with Crippen molar-refractivity contribution in [1.29, 1.82) is 0 Å². The van der Waals surface area contributed by atoms with Gasteiger partial charge in [0.05, 0.1) is 13.0 Å². The van der Waals surface area contributed by atoms with Crippen molar-refractivity contribution in [2.75, 3.05) is 12.4 Å². The van der Waals surface area contributed by atoms with Crippen LogP contribution in [0.2, 0.25) is 0 Å². The van der Waals surface area contributed by atoms with Gasteiger partial charge in [-0.15, -0.1) is 5.10 Å². The lowest BCUT2D eigenvalue weighted by Gasteiger charge is -2.25. The molecule has 0 spiro atoms. The van der Waals surface area contributed by atoms with E-state index in [0.29, 0.717) is 48.7 Å². The average molecular weight is 385 g/mol. The molecule has 9 heteroatoms. The smallest absolute Gasteiger partial charge is 0.306 e. The topological polar surface area (TPSA) is 119 Å². The fraction of sp³-hybridized carbons (Fsp3) is 0.526. The Balaban J connectivity index is 1.50. The van der Waals surface area contributed by atoms with Crippen LogP contribution in [0.5, 0.6) is 5.75 Å². The van der Waals surface area contributed by atoms with Crippen LogP contribution in [0.3, 0.4) is 0 Å². The third kappa shape index (κ3) is 3.69. The van der Waals surface area contributed by atoms with Gasteiger partial charge in [-0.05, 0) is 67.2 Å². The van der Waals surface area contributed by atoms with Crippen LogP contribution < -0.4 is 10.1 Å². The van der Waals surface area contributed by atoms with Crippen molar-refractivity contribution in [3.8, 4) is 11.4 Å². The van der Waals surface area contributed by atoms with Crippen LogP contribution in [0.15, 0.2) is 18.2 Å². The number of methoxy groups -OCH3 is 1. The van der Waals surface area contributed by atoms with Crippen molar-refractivity contribution in [2.45, 2.75) is 44.4 Å². The molecule has 2 fully saturated rings. The van der Waals surface area contributed by atoms with Crippen molar-refractivity contribution in [2.24, 2.45) is 11.8 Å². The van der Waals surface area contributed by atoms with Gasteiger partial charge in [0, 0.05) is 17.5 Å². The molecule has 2 aliphatic rings. The molecule has 148 valence electrons. The number of carbonyl (C=O) groups is 2. The van der Waals surface area contributed by atoms with Gasteiger partial charge < -0.3 is 15.2 Å². The van der Waals surface area contributed by atoms with Crippen LogP contribution in [0, 0.1) is 11.8 Å². The van der Waals surface area contributed by atoms with Gasteiger partial charge in [-0.25, -0.2) is 0 Å². The van der Waals surface area contributed by atoms with Crippen LogP contribution in [0.1, 0.15) is 50.3 Å². The summed E-state index contributed by atoms with van der Waals surface area (Å²) >= 11 is 0. The molecule has 1 aromatic heterocycles. The molecule has 1 amide bonds. The van der Waals surface area contributed by atoms with Crippen LogP contribution in [-0.4, -0.2) is 44.3 Å². The summed E-state index contributed by atoms with van der Waals surface area (Å²) in [6, 6.07) is 5.37. The summed E-state index contributed by atoms with van der Waals surface area (Å²) in [5.41, 5.74) is 1.32. The minimum Gasteiger partial charge on any atom is -0.494 e. The molecule has 2 saturated carbocycles. The standard InChI is InChI=1S/C19H23N5O4/c1-28-16-9-8-14(10-15(16)24-17(11-2-3-11)21-22-23-24)20-18(25)12-4-6-13(7-5-12)19(26)27/h8-13H,2-7H2,1H3,(H,20,25)(H,26,27). The maximum atomic E-state index is 12.6. The minimum absolute atomic E-state index is 0.0842. The fourth-order valence-corrected chi connectivity index (χ4v) is 3.74. The zero-order chi connectivity index (χ0) is 19.7. The van der Waals surface area contributed by atoms with Gasteiger partial charge in [-0.2, -0.15) is 4.68 Å². The van der Waals surface area contributed by atoms with Gasteiger partial charge in [0.2, 0.25) is 5.91 Å². The highest BCUT2D eigenvalue weighted by Crippen LogP contribution is 2.40. The summed E-state index contributed by atoms with van der Waals surface area (Å²) in [4.78, 5) is 23.7. The number of aromatic nitrogens is 4. The van der Waals surface area contributed by atoms with Gasteiger partial charge in [0.25, 0.3) is 0 Å². The SMILES string of the molecule is COc1ccc(NC(=O)C2CCC(C(=O)O)CC2)cc1-n1nnnc1C1CC1. The number of carboxylic acids is 1. The van der Waals surface area contributed by atoms with E-state index in [1.54, 1.807) is 23.9 Å². The predicted octanol–water partition coefficient (Wildman–Crippen LogP) is 2.38. The Morgan fingerprint density at radius 1 is 1.14 bits per heavy atom. The van der Waals surface area contributed by atoms with Gasteiger partial charge in [0.15, 0.2) is 5.82 Å². The number of rotatable bonds is 6. The number of nitrogens with zero attached hydrogens (tertiary/aromatic N) is 4. The molecule has 2 N–H and O–H groups in total. The van der Waals surface area contributed by atoms with Crippen molar-refractivity contribution in [1.82, 2.24) is 20.2 Å². The Bertz CT molecular complexity index is 884. The molecule has 0 unspecified atom stereocenters. The monoisotopic (exact) mass is 385 g/mol. The van der Waals surface area contributed by atoms with E-state index in [0.717, 1.165) is 18.7 Å². The van der Waals surface area contributed by atoms with E-state index < -0.39 is 5.97 Å². The number of hydrogen-bond acceptors (Lipinski definition) is 6. The molecular weight excluding hydrogens is 362 g/mol. The molecule has 2 aromatic rings. The molecule has 1 aromatic carbocycles. The molecular formula is C19H23N5O4. The Kier molecular flexibility index (Phi) is 4.97. The number of ether oxygens (including phenoxy) is 1. The van der Waals surface area contributed by atoms with Gasteiger partial charge >= 0.3 is 5.97 Å². The zero-order valence-corrected chi connectivity index (χ0v) is 15.7.